The van der Waals surface area contributed by atoms with Crippen LogP contribution < -0.4 is 9.86 Å². The minimum Gasteiger partial charge on any atom is -0.283 e. The Kier molecular flexibility index (Phi) is 3.30. The summed E-state index contributed by atoms with van der Waals surface area (Å²) in [7, 11) is -7.30. The molecule has 100 valence electrons. The molecule has 1 aromatic rings. The van der Waals surface area contributed by atoms with E-state index in [1.807, 2.05) is 0 Å². The fourth-order valence-electron chi connectivity index (χ4n) is 1.42. The summed E-state index contributed by atoms with van der Waals surface area (Å²) in [5, 5.41) is 4.46. The molecule has 1 aliphatic rings. The molecule has 0 bridgehead atoms. The standard InChI is InChI=1S/C9H11ClN2O4S2/c10-8-5-6(1-4-9(8)17(11,13)14)12-18(15,16)7-2-3-7/h1,4-5,7,12H,2-3H2,(H2,11,13,14). The molecule has 0 atom stereocenters. The van der Waals surface area contributed by atoms with Crippen LogP contribution in [0, 0.1) is 0 Å². The Hall–Kier alpha value is -0.830. The Balaban J connectivity index is 2.30. The number of halogens is 1. The van der Waals surface area contributed by atoms with Gasteiger partial charge in [-0.3, -0.25) is 4.72 Å². The highest BCUT2D eigenvalue weighted by Crippen LogP contribution is 2.31. The van der Waals surface area contributed by atoms with E-state index in [2.05, 4.69) is 4.72 Å². The van der Waals surface area contributed by atoms with Gasteiger partial charge in [0.1, 0.15) is 4.90 Å². The SMILES string of the molecule is NS(=O)(=O)c1ccc(NS(=O)(=O)C2CC2)cc1Cl. The molecule has 0 heterocycles. The molecular weight excluding hydrogens is 300 g/mol. The maximum Gasteiger partial charge on any atom is 0.239 e. The predicted octanol–water partition coefficient (Wildman–Crippen LogP) is 0.892. The summed E-state index contributed by atoms with van der Waals surface area (Å²) < 4.78 is 47.9. The maximum absolute atomic E-state index is 11.7. The van der Waals surface area contributed by atoms with Crippen molar-refractivity contribution in [1.29, 1.82) is 0 Å². The summed E-state index contributed by atoms with van der Waals surface area (Å²) >= 11 is 5.74. The molecule has 0 aliphatic heterocycles. The van der Waals surface area contributed by atoms with Gasteiger partial charge in [0, 0.05) is 0 Å². The molecule has 2 rings (SSSR count). The molecular formula is C9H11ClN2O4S2. The summed E-state index contributed by atoms with van der Waals surface area (Å²) in [4.78, 5) is -0.237. The predicted molar refractivity (Wildman–Crippen MR) is 68.4 cm³/mol. The molecule has 18 heavy (non-hydrogen) atoms. The van der Waals surface area contributed by atoms with Crippen LogP contribution in [0.2, 0.25) is 5.02 Å². The molecule has 0 amide bonds. The topological polar surface area (TPSA) is 106 Å². The first kappa shape index (κ1) is 13.6. The van der Waals surface area contributed by atoms with Gasteiger partial charge < -0.3 is 0 Å². The molecule has 1 fully saturated rings. The average Bonchev–Trinajstić information content (AvgIpc) is 2.97. The zero-order valence-electron chi connectivity index (χ0n) is 9.13. The lowest BCUT2D eigenvalue weighted by Gasteiger charge is -2.08. The summed E-state index contributed by atoms with van der Waals surface area (Å²) in [6, 6.07) is 3.70. The van der Waals surface area contributed by atoms with Crippen molar-refractivity contribution in [1.82, 2.24) is 0 Å². The third-order valence-electron chi connectivity index (χ3n) is 2.46. The van der Waals surface area contributed by atoms with Gasteiger partial charge in [0.05, 0.1) is 16.0 Å². The first-order valence-corrected chi connectivity index (χ1v) is 8.51. The minimum absolute atomic E-state index is 0.117. The van der Waals surface area contributed by atoms with Crippen LogP contribution >= 0.6 is 11.6 Å². The van der Waals surface area contributed by atoms with Gasteiger partial charge in [-0.2, -0.15) is 0 Å². The van der Waals surface area contributed by atoms with Crippen LogP contribution in [0.1, 0.15) is 12.8 Å². The van der Waals surface area contributed by atoms with Crippen LogP contribution in [0.3, 0.4) is 0 Å². The highest BCUT2D eigenvalue weighted by molar-refractivity contribution is 7.93. The third-order valence-corrected chi connectivity index (χ3v) is 5.72. The van der Waals surface area contributed by atoms with Crippen LogP contribution in [0.5, 0.6) is 0 Å². The van der Waals surface area contributed by atoms with E-state index in [-0.39, 0.29) is 20.9 Å². The van der Waals surface area contributed by atoms with E-state index in [9.17, 15) is 16.8 Å². The Bertz CT molecular complexity index is 681. The highest BCUT2D eigenvalue weighted by atomic mass is 35.5. The van der Waals surface area contributed by atoms with Crippen LogP contribution in [-0.4, -0.2) is 22.1 Å². The Morgan fingerprint density at radius 2 is 1.83 bits per heavy atom. The number of anilines is 1. The van der Waals surface area contributed by atoms with E-state index in [0.29, 0.717) is 12.8 Å². The van der Waals surface area contributed by atoms with E-state index < -0.39 is 20.0 Å². The largest absolute Gasteiger partial charge is 0.283 e. The fraction of sp³-hybridized carbons (Fsp3) is 0.333. The van der Waals surface area contributed by atoms with E-state index >= 15 is 0 Å². The Morgan fingerprint density at radius 1 is 1.22 bits per heavy atom. The third kappa shape index (κ3) is 2.94. The van der Waals surface area contributed by atoms with Crippen LogP contribution in [0.4, 0.5) is 5.69 Å². The molecule has 1 aromatic carbocycles. The number of nitrogens with one attached hydrogen (secondary N) is 1. The molecule has 6 nitrogen and oxygen atoms in total. The van der Waals surface area contributed by atoms with Gasteiger partial charge in [0.25, 0.3) is 0 Å². The lowest BCUT2D eigenvalue weighted by Crippen LogP contribution is -2.18. The van der Waals surface area contributed by atoms with Gasteiger partial charge in [0.15, 0.2) is 0 Å². The van der Waals surface area contributed by atoms with Crippen LogP contribution in [-0.2, 0) is 20.0 Å². The van der Waals surface area contributed by atoms with Crippen LogP contribution in [0.15, 0.2) is 23.1 Å². The molecule has 0 aromatic heterocycles. The Labute approximate surface area is 110 Å². The number of sulfonamides is 2. The van der Waals surface area contributed by atoms with Crippen molar-refractivity contribution in [2.24, 2.45) is 5.14 Å². The van der Waals surface area contributed by atoms with Crippen molar-refractivity contribution in [2.75, 3.05) is 4.72 Å². The quantitative estimate of drug-likeness (QED) is 0.861. The van der Waals surface area contributed by atoms with Gasteiger partial charge in [-0.15, -0.1) is 0 Å². The maximum atomic E-state index is 11.7. The molecule has 3 N–H and O–H groups in total. The lowest BCUT2D eigenvalue weighted by atomic mass is 10.3. The van der Waals surface area contributed by atoms with Gasteiger partial charge >= 0.3 is 0 Å². The second-order valence-electron chi connectivity index (χ2n) is 4.04. The van der Waals surface area contributed by atoms with Crippen molar-refractivity contribution in [3.05, 3.63) is 23.2 Å². The molecule has 9 heteroatoms. The van der Waals surface area contributed by atoms with E-state index in [4.69, 9.17) is 16.7 Å². The van der Waals surface area contributed by atoms with Crippen molar-refractivity contribution < 1.29 is 16.8 Å². The second-order valence-corrected chi connectivity index (χ2v) is 7.93. The molecule has 0 saturated heterocycles. The summed E-state index contributed by atoms with van der Waals surface area (Å²) in [6.07, 6.45) is 1.27. The summed E-state index contributed by atoms with van der Waals surface area (Å²) in [5.74, 6) is 0. The number of hydrogen-bond acceptors (Lipinski definition) is 4. The molecule has 1 aliphatic carbocycles. The van der Waals surface area contributed by atoms with Crippen molar-refractivity contribution in [2.45, 2.75) is 23.0 Å². The highest BCUT2D eigenvalue weighted by Gasteiger charge is 2.35. The first-order valence-electron chi connectivity index (χ1n) is 5.04. The summed E-state index contributed by atoms with van der Waals surface area (Å²) in [5.41, 5.74) is 0.222. The van der Waals surface area contributed by atoms with Gasteiger partial charge in [-0.05, 0) is 31.0 Å². The van der Waals surface area contributed by atoms with Gasteiger partial charge in [0.2, 0.25) is 20.0 Å². The number of hydrogen-bond donors (Lipinski definition) is 2. The molecule has 1 saturated carbocycles. The molecule has 0 radical (unpaired) electrons. The first-order chi connectivity index (χ1) is 8.20. The van der Waals surface area contributed by atoms with Crippen molar-refractivity contribution in [3.63, 3.8) is 0 Å². The Morgan fingerprint density at radius 3 is 2.28 bits per heavy atom. The number of primary sulfonamides is 1. The number of benzene rings is 1. The molecule has 0 spiro atoms. The summed E-state index contributed by atoms with van der Waals surface area (Å²) in [6.45, 7) is 0. The average molecular weight is 311 g/mol. The smallest absolute Gasteiger partial charge is 0.239 e. The number of rotatable bonds is 4. The van der Waals surface area contributed by atoms with E-state index in [1.165, 1.54) is 18.2 Å². The van der Waals surface area contributed by atoms with Crippen LogP contribution in [0.25, 0.3) is 0 Å². The van der Waals surface area contributed by atoms with Crippen molar-refractivity contribution >= 4 is 37.3 Å². The monoisotopic (exact) mass is 310 g/mol. The normalized spacial score (nSPS) is 16.6. The lowest BCUT2D eigenvalue weighted by molar-refractivity contribution is 0.597. The number of nitrogens with two attached hydrogens (primary N) is 1. The zero-order chi connectivity index (χ0) is 13.6. The van der Waals surface area contributed by atoms with E-state index in [1.54, 1.807) is 0 Å². The van der Waals surface area contributed by atoms with Crippen molar-refractivity contribution in [3.8, 4) is 0 Å². The fourth-order valence-corrected chi connectivity index (χ4v) is 3.89. The minimum atomic E-state index is -3.91. The van der Waals surface area contributed by atoms with E-state index in [0.717, 1.165) is 0 Å². The van der Waals surface area contributed by atoms with Gasteiger partial charge in [-0.1, -0.05) is 11.6 Å². The molecule has 0 unspecified atom stereocenters. The zero-order valence-corrected chi connectivity index (χ0v) is 11.5. The van der Waals surface area contributed by atoms with Gasteiger partial charge in [-0.25, -0.2) is 22.0 Å². The second kappa shape index (κ2) is 4.37.